The maximum atomic E-state index is 11.8. The molecule has 0 saturated carbocycles. The number of rotatable bonds is 23. The van der Waals surface area contributed by atoms with E-state index < -0.39 is 0 Å². The molecule has 30 heavy (non-hydrogen) atoms. The lowest BCUT2D eigenvalue weighted by molar-refractivity contribution is -0.143. The third-order valence-electron chi connectivity index (χ3n) is 5.83. The molecule has 0 aliphatic rings. The Morgan fingerprint density at radius 2 is 1.17 bits per heavy atom. The van der Waals surface area contributed by atoms with E-state index in [0.717, 1.165) is 25.2 Å². The molecule has 0 amide bonds. The van der Waals surface area contributed by atoms with Gasteiger partial charge in [-0.3, -0.25) is 4.79 Å². The molecule has 2 heteroatoms. The molecule has 0 aromatic heterocycles. The zero-order valence-electron chi connectivity index (χ0n) is 20.9. The van der Waals surface area contributed by atoms with Gasteiger partial charge >= 0.3 is 5.97 Å². The summed E-state index contributed by atoms with van der Waals surface area (Å²) >= 11 is 0. The Bertz CT molecular complexity index is 373. The first kappa shape index (κ1) is 29.2. The summed E-state index contributed by atoms with van der Waals surface area (Å²) in [5.74, 6) is 0.868. The van der Waals surface area contributed by atoms with Crippen molar-refractivity contribution in [3.63, 3.8) is 0 Å². The Hall–Kier alpha value is -0.790. The molecule has 0 saturated heterocycles. The number of carbonyl (C=O) groups excluding carboxylic acids is 1. The molecule has 0 radical (unpaired) electrons. The number of carbonyl (C=O) groups is 1. The second-order valence-corrected chi connectivity index (χ2v) is 9.51. The van der Waals surface area contributed by atoms with Gasteiger partial charge in [0.25, 0.3) is 0 Å². The standard InChI is InChI=1S/C28H54O2/c1-4-5-6-7-8-9-10-13-16-19-22-25-28(29)30-26-23-20-17-14-11-12-15-18-21-24-27(2)3/h7-8,27H,4-6,9-26H2,1-3H3. The molecular formula is C28H54O2. The monoisotopic (exact) mass is 422 g/mol. The average molecular weight is 423 g/mol. The normalized spacial score (nSPS) is 11.6. The van der Waals surface area contributed by atoms with Crippen molar-refractivity contribution in [3.8, 4) is 0 Å². The summed E-state index contributed by atoms with van der Waals surface area (Å²) in [6.07, 6.45) is 29.5. The highest BCUT2D eigenvalue weighted by atomic mass is 16.5. The van der Waals surface area contributed by atoms with Gasteiger partial charge in [0, 0.05) is 6.42 Å². The minimum Gasteiger partial charge on any atom is -0.466 e. The molecule has 0 aliphatic heterocycles. The van der Waals surface area contributed by atoms with E-state index >= 15 is 0 Å². The fourth-order valence-corrected chi connectivity index (χ4v) is 3.77. The zero-order chi connectivity index (χ0) is 22.1. The van der Waals surface area contributed by atoms with E-state index in [9.17, 15) is 4.79 Å². The molecule has 2 nitrogen and oxygen atoms in total. The third kappa shape index (κ3) is 25.2. The van der Waals surface area contributed by atoms with E-state index in [4.69, 9.17) is 4.74 Å². The van der Waals surface area contributed by atoms with Gasteiger partial charge in [-0.2, -0.15) is 0 Å². The first-order valence-corrected chi connectivity index (χ1v) is 13.5. The van der Waals surface area contributed by atoms with Crippen molar-refractivity contribution in [2.45, 2.75) is 149 Å². The van der Waals surface area contributed by atoms with Gasteiger partial charge in [0.2, 0.25) is 0 Å². The van der Waals surface area contributed by atoms with Crippen LogP contribution in [0, 0.1) is 5.92 Å². The van der Waals surface area contributed by atoms with Crippen LogP contribution in [0.15, 0.2) is 12.2 Å². The zero-order valence-corrected chi connectivity index (χ0v) is 20.9. The molecule has 0 aliphatic carbocycles. The number of unbranched alkanes of at least 4 members (excludes halogenated alkanes) is 15. The van der Waals surface area contributed by atoms with Crippen molar-refractivity contribution in [1.82, 2.24) is 0 Å². The summed E-state index contributed by atoms with van der Waals surface area (Å²) in [5, 5.41) is 0. The van der Waals surface area contributed by atoms with Crippen molar-refractivity contribution < 1.29 is 9.53 Å². The van der Waals surface area contributed by atoms with Crippen molar-refractivity contribution in [1.29, 1.82) is 0 Å². The Kier molecular flexibility index (Phi) is 23.8. The van der Waals surface area contributed by atoms with Gasteiger partial charge in [0.05, 0.1) is 6.61 Å². The van der Waals surface area contributed by atoms with Gasteiger partial charge in [-0.15, -0.1) is 0 Å². The molecule has 0 bridgehead atoms. The number of esters is 1. The number of allylic oxidation sites excluding steroid dienone is 2. The van der Waals surface area contributed by atoms with Crippen LogP contribution in [-0.2, 0) is 9.53 Å². The van der Waals surface area contributed by atoms with Crippen LogP contribution in [0.2, 0.25) is 0 Å². The average Bonchev–Trinajstić information content (AvgIpc) is 2.72. The maximum absolute atomic E-state index is 11.8. The first-order valence-electron chi connectivity index (χ1n) is 13.5. The van der Waals surface area contributed by atoms with Gasteiger partial charge in [-0.05, 0) is 38.0 Å². The Labute approximate surface area is 189 Å². The van der Waals surface area contributed by atoms with Crippen molar-refractivity contribution >= 4 is 5.97 Å². The third-order valence-corrected chi connectivity index (χ3v) is 5.83. The van der Waals surface area contributed by atoms with E-state index in [1.54, 1.807) is 0 Å². The van der Waals surface area contributed by atoms with Gasteiger partial charge in [-0.25, -0.2) is 0 Å². The summed E-state index contributed by atoms with van der Waals surface area (Å²) < 4.78 is 5.38. The lowest BCUT2D eigenvalue weighted by Crippen LogP contribution is -2.05. The number of hydrogen-bond donors (Lipinski definition) is 0. The van der Waals surface area contributed by atoms with Crippen LogP contribution in [0.5, 0.6) is 0 Å². The molecule has 0 aromatic carbocycles. The van der Waals surface area contributed by atoms with E-state index in [1.807, 2.05) is 0 Å². The Morgan fingerprint density at radius 3 is 1.77 bits per heavy atom. The van der Waals surface area contributed by atoms with Gasteiger partial charge in [0.1, 0.15) is 0 Å². The summed E-state index contributed by atoms with van der Waals surface area (Å²) in [7, 11) is 0. The molecule has 0 unspecified atom stereocenters. The minimum absolute atomic E-state index is 0.00950. The predicted molar refractivity (Wildman–Crippen MR) is 133 cm³/mol. The van der Waals surface area contributed by atoms with Crippen molar-refractivity contribution in [3.05, 3.63) is 12.2 Å². The van der Waals surface area contributed by atoms with Crippen LogP contribution in [0.4, 0.5) is 0 Å². The second kappa shape index (κ2) is 24.5. The highest BCUT2D eigenvalue weighted by Gasteiger charge is 2.02. The highest BCUT2D eigenvalue weighted by molar-refractivity contribution is 5.69. The van der Waals surface area contributed by atoms with E-state index in [2.05, 4.69) is 32.9 Å². The quantitative estimate of drug-likeness (QED) is 0.0930. The maximum Gasteiger partial charge on any atom is 0.305 e. The topological polar surface area (TPSA) is 26.3 Å². The van der Waals surface area contributed by atoms with Gasteiger partial charge in [0.15, 0.2) is 0 Å². The highest BCUT2D eigenvalue weighted by Crippen LogP contribution is 2.13. The molecular weight excluding hydrogens is 368 g/mol. The Morgan fingerprint density at radius 1 is 0.667 bits per heavy atom. The number of hydrogen-bond acceptors (Lipinski definition) is 2. The van der Waals surface area contributed by atoms with Crippen LogP contribution in [-0.4, -0.2) is 12.6 Å². The Balaban J connectivity index is 3.19. The van der Waals surface area contributed by atoms with E-state index in [0.29, 0.717) is 13.0 Å². The molecule has 178 valence electrons. The lowest BCUT2D eigenvalue weighted by Gasteiger charge is -2.06. The van der Waals surface area contributed by atoms with Crippen LogP contribution < -0.4 is 0 Å². The van der Waals surface area contributed by atoms with Crippen LogP contribution in [0.3, 0.4) is 0 Å². The summed E-state index contributed by atoms with van der Waals surface area (Å²) in [5.41, 5.74) is 0. The second-order valence-electron chi connectivity index (χ2n) is 9.51. The van der Waals surface area contributed by atoms with Crippen LogP contribution >= 0.6 is 0 Å². The fourth-order valence-electron chi connectivity index (χ4n) is 3.77. The van der Waals surface area contributed by atoms with Gasteiger partial charge in [-0.1, -0.05) is 123 Å². The molecule has 0 rings (SSSR count). The first-order chi connectivity index (χ1) is 14.7. The summed E-state index contributed by atoms with van der Waals surface area (Å²) in [6, 6.07) is 0. The van der Waals surface area contributed by atoms with Crippen molar-refractivity contribution in [2.24, 2.45) is 5.92 Å². The van der Waals surface area contributed by atoms with Crippen LogP contribution in [0.25, 0.3) is 0 Å². The molecule has 0 heterocycles. The van der Waals surface area contributed by atoms with E-state index in [1.165, 1.54) is 103 Å². The molecule has 0 aromatic rings. The SMILES string of the molecule is CCCCC=CCCCCCCCC(=O)OCCCCCCCCCCCC(C)C. The number of ether oxygens (including phenoxy) is 1. The van der Waals surface area contributed by atoms with Gasteiger partial charge < -0.3 is 4.74 Å². The summed E-state index contributed by atoms with van der Waals surface area (Å²) in [6.45, 7) is 7.49. The van der Waals surface area contributed by atoms with Crippen molar-refractivity contribution in [2.75, 3.05) is 6.61 Å². The molecule has 0 fully saturated rings. The smallest absolute Gasteiger partial charge is 0.305 e. The minimum atomic E-state index is 0.00950. The molecule has 0 atom stereocenters. The lowest BCUT2D eigenvalue weighted by atomic mass is 10.0. The predicted octanol–water partition coefficient (Wildman–Crippen LogP) is 9.56. The summed E-state index contributed by atoms with van der Waals surface area (Å²) in [4.78, 5) is 11.8. The fraction of sp³-hybridized carbons (Fsp3) is 0.893. The molecule has 0 spiro atoms. The van der Waals surface area contributed by atoms with E-state index in [-0.39, 0.29) is 5.97 Å². The molecule has 0 N–H and O–H groups in total. The largest absolute Gasteiger partial charge is 0.466 e. The van der Waals surface area contributed by atoms with Crippen LogP contribution in [0.1, 0.15) is 149 Å².